The molecule has 4 nitrogen and oxygen atoms in total. The highest BCUT2D eigenvalue weighted by molar-refractivity contribution is 5.94. The van der Waals surface area contributed by atoms with Crippen LogP contribution >= 0.6 is 0 Å². The van der Waals surface area contributed by atoms with Crippen LogP contribution in [0.2, 0.25) is 0 Å². The minimum atomic E-state index is -0.465. The van der Waals surface area contributed by atoms with Crippen LogP contribution in [0.5, 0.6) is 0 Å². The molecule has 0 saturated heterocycles. The van der Waals surface area contributed by atoms with Crippen molar-refractivity contribution < 1.29 is 14.4 Å². The van der Waals surface area contributed by atoms with E-state index in [9.17, 15) is 4.79 Å². The Morgan fingerprint density at radius 3 is 3.33 bits per heavy atom. The normalized spacial score (nSPS) is 32.2. The van der Waals surface area contributed by atoms with Gasteiger partial charge in [-0.1, -0.05) is 5.16 Å². The molecule has 1 fully saturated rings. The summed E-state index contributed by atoms with van der Waals surface area (Å²) >= 11 is 0. The fourth-order valence-electron chi connectivity index (χ4n) is 1.82. The maximum Gasteiger partial charge on any atom is 0.350 e. The molecule has 1 aliphatic heterocycles. The van der Waals surface area contributed by atoms with Crippen LogP contribution in [-0.4, -0.2) is 24.9 Å². The number of esters is 1. The van der Waals surface area contributed by atoms with E-state index in [1.165, 1.54) is 7.11 Å². The van der Waals surface area contributed by atoms with E-state index >= 15 is 0 Å². The summed E-state index contributed by atoms with van der Waals surface area (Å²) in [5.41, 5.74) is 1.03. The standard InChI is InChI=1S/C8H11NO3/c1-11-8(10)7-5-3-2-4-6(5)9-12-7/h5,7H,2-4H2,1H3/t5-,7-/m0/s1. The summed E-state index contributed by atoms with van der Waals surface area (Å²) in [4.78, 5) is 16.1. The molecule has 0 aromatic carbocycles. The van der Waals surface area contributed by atoms with Crippen molar-refractivity contribution in [3.63, 3.8) is 0 Å². The van der Waals surface area contributed by atoms with Crippen LogP contribution < -0.4 is 0 Å². The van der Waals surface area contributed by atoms with Crippen LogP contribution in [-0.2, 0) is 14.4 Å². The summed E-state index contributed by atoms with van der Waals surface area (Å²) in [5, 5.41) is 3.86. The number of oxime groups is 1. The number of carbonyl (C=O) groups excluding carboxylic acids is 1. The van der Waals surface area contributed by atoms with E-state index in [0.717, 1.165) is 25.0 Å². The van der Waals surface area contributed by atoms with Crippen molar-refractivity contribution in [3.8, 4) is 0 Å². The van der Waals surface area contributed by atoms with E-state index in [4.69, 9.17) is 4.84 Å². The highest BCUT2D eigenvalue weighted by atomic mass is 16.7. The summed E-state index contributed by atoms with van der Waals surface area (Å²) < 4.78 is 4.61. The zero-order chi connectivity index (χ0) is 8.55. The fraction of sp³-hybridized carbons (Fsp3) is 0.750. The molecule has 2 rings (SSSR count). The monoisotopic (exact) mass is 169 g/mol. The highest BCUT2D eigenvalue weighted by Crippen LogP contribution is 2.32. The Labute approximate surface area is 70.5 Å². The molecule has 0 aromatic heterocycles. The molecule has 0 amide bonds. The molecule has 12 heavy (non-hydrogen) atoms. The van der Waals surface area contributed by atoms with Crippen LogP contribution in [0.15, 0.2) is 5.16 Å². The van der Waals surface area contributed by atoms with E-state index in [2.05, 4.69) is 9.89 Å². The van der Waals surface area contributed by atoms with Crippen LogP contribution in [0.25, 0.3) is 0 Å². The van der Waals surface area contributed by atoms with Gasteiger partial charge in [-0.25, -0.2) is 4.79 Å². The van der Waals surface area contributed by atoms with E-state index < -0.39 is 6.10 Å². The highest BCUT2D eigenvalue weighted by Gasteiger charge is 2.42. The fourth-order valence-corrected chi connectivity index (χ4v) is 1.82. The van der Waals surface area contributed by atoms with Gasteiger partial charge in [0, 0.05) is 0 Å². The molecule has 0 radical (unpaired) electrons. The second-order valence-corrected chi connectivity index (χ2v) is 3.13. The average Bonchev–Trinajstić information content (AvgIpc) is 2.62. The zero-order valence-electron chi connectivity index (χ0n) is 6.95. The number of carbonyl (C=O) groups is 1. The minimum Gasteiger partial charge on any atom is -0.466 e. The molecule has 66 valence electrons. The molecule has 1 aliphatic carbocycles. The maximum absolute atomic E-state index is 11.1. The smallest absolute Gasteiger partial charge is 0.350 e. The number of hydrogen-bond donors (Lipinski definition) is 0. The molecule has 0 unspecified atom stereocenters. The third-order valence-electron chi connectivity index (χ3n) is 2.46. The number of methoxy groups -OCH3 is 1. The van der Waals surface area contributed by atoms with Crippen molar-refractivity contribution in [1.29, 1.82) is 0 Å². The van der Waals surface area contributed by atoms with Gasteiger partial charge in [0.1, 0.15) is 0 Å². The summed E-state index contributed by atoms with van der Waals surface area (Å²) in [6.07, 6.45) is 2.62. The van der Waals surface area contributed by atoms with Crippen molar-refractivity contribution in [2.45, 2.75) is 25.4 Å². The summed E-state index contributed by atoms with van der Waals surface area (Å²) in [5.74, 6) is -0.113. The summed E-state index contributed by atoms with van der Waals surface area (Å²) in [6.45, 7) is 0. The Morgan fingerprint density at radius 2 is 2.58 bits per heavy atom. The number of hydrogen-bond acceptors (Lipinski definition) is 4. The van der Waals surface area contributed by atoms with E-state index in [-0.39, 0.29) is 11.9 Å². The third kappa shape index (κ3) is 0.983. The topological polar surface area (TPSA) is 47.9 Å². The number of fused-ring (bicyclic) bond motifs is 1. The lowest BCUT2D eigenvalue weighted by atomic mass is 10.0. The van der Waals surface area contributed by atoms with E-state index in [0.29, 0.717) is 0 Å². The largest absolute Gasteiger partial charge is 0.466 e. The second-order valence-electron chi connectivity index (χ2n) is 3.13. The molecule has 1 heterocycles. The van der Waals surface area contributed by atoms with Gasteiger partial charge in [0.2, 0.25) is 6.10 Å². The van der Waals surface area contributed by atoms with Crippen molar-refractivity contribution in [3.05, 3.63) is 0 Å². The Kier molecular flexibility index (Phi) is 1.75. The molecule has 0 aromatic rings. The first kappa shape index (κ1) is 7.58. The lowest BCUT2D eigenvalue weighted by Crippen LogP contribution is -2.29. The Hall–Kier alpha value is -1.06. The van der Waals surface area contributed by atoms with Crippen LogP contribution in [0.1, 0.15) is 19.3 Å². The van der Waals surface area contributed by atoms with Gasteiger partial charge in [0.05, 0.1) is 18.7 Å². The Balaban J connectivity index is 2.08. The minimum absolute atomic E-state index is 0.192. The predicted molar refractivity (Wildman–Crippen MR) is 41.7 cm³/mol. The Morgan fingerprint density at radius 1 is 1.75 bits per heavy atom. The number of rotatable bonds is 1. The van der Waals surface area contributed by atoms with Gasteiger partial charge in [-0.3, -0.25) is 0 Å². The van der Waals surface area contributed by atoms with Crippen LogP contribution in [0.3, 0.4) is 0 Å². The molecule has 4 heteroatoms. The van der Waals surface area contributed by atoms with Crippen LogP contribution in [0, 0.1) is 5.92 Å². The predicted octanol–water partition coefficient (Wildman–Crippen LogP) is 0.714. The average molecular weight is 169 g/mol. The molecule has 0 bridgehead atoms. The van der Waals surface area contributed by atoms with Crippen molar-refractivity contribution >= 4 is 11.7 Å². The van der Waals surface area contributed by atoms with Gasteiger partial charge < -0.3 is 9.57 Å². The van der Waals surface area contributed by atoms with Crippen molar-refractivity contribution in [2.75, 3.05) is 7.11 Å². The SMILES string of the molecule is COC(=O)[C@H]1ON=C2CCC[C@@H]21. The summed E-state index contributed by atoms with van der Waals surface area (Å²) in [6, 6.07) is 0. The van der Waals surface area contributed by atoms with Gasteiger partial charge >= 0.3 is 5.97 Å². The zero-order valence-corrected chi connectivity index (χ0v) is 6.95. The molecule has 1 saturated carbocycles. The maximum atomic E-state index is 11.1. The van der Waals surface area contributed by atoms with E-state index in [1.807, 2.05) is 0 Å². The van der Waals surface area contributed by atoms with Crippen molar-refractivity contribution in [1.82, 2.24) is 0 Å². The van der Waals surface area contributed by atoms with Crippen LogP contribution in [0.4, 0.5) is 0 Å². The van der Waals surface area contributed by atoms with E-state index in [1.54, 1.807) is 0 Å². The second kappa shape index (κ2) is 2.77. The Bertz CT molecular complexity index is 236. The van der Waals surface area contributed by atoms with Gasteiger partial charge in [-0.05, 0) is 19.3 Å². The molecule has 2 atom stereocenters. The number of nitrogens with zero attached hydrogens (tertiary/aromatic N) is 1. The van der Waals surface area contributed by atoms with Crippen molar-refractivity contribution in [2.24, 2.45) is 11.1 Å². The molecular formula is C8H11NO3. The summed E-state index contributed by atoms with van der Waals surface area (Å²) in [7, 11) is 1.37. The molecule has 0 spiro atoms. The quantitative estimate of drug-likeness (QED) is 0.543. The first-order chi connectivity index (χ1) is 5.83. The van der Waals surface area contributed by atoms with Gasteiger partial charge in [0.25, 0.3) is 0 Å². The molecule has 2 aliphatic rings. The van der Waals surface area contributed by atoms with Gasteiger partial charge in [-0.2, -0.15) is 0 Å². The third-order valence-corrected chi connectivity index (χ3v) is 2.46. The molecule has 0 N–H and O–H groups in total. The van der Waals surface area contributed by atoms with Gasteiger partial charge in [0.15, 0.2) is 0 Å². The lowest BCUT2D eigenvalue weighted by Gasteiger charge is -2.10. The lowest BCUT2D eigenvalue weighted by molar-refractivity contribution is -0.154. The molecular weight excluding hydrogens is 158 g/mol. The first-order valence-electron chi connectivity index (χ1n) is 4.13. The number of ether oxygens (including phenoxy) is 1. The first-order valence-corrected chi connectivity index (χ1v) is 4.13. The van der Waals surface area contributed by atoms with Gasteiger partial charge in [-0.15, -0.1) is 0 Å².